The van der Waals surface area contributed by atoms with Gasteiger partial charge in [-0.2, -0.15) is 0 Å². The quantitative estimate of drug-likeness (QED) is 0.718. The molecule has 4 heteroatoms. The van der Waals surface area contributed by atoms with Crippen LogP contribution in [0, 0.1) is 11.8 Å². The van der Waals surface area contributed by atoms with E-state index in [2.05, 4.69) is 17.1 Å². The van der Waals surface area contributed by atoms with Crippen LogP contribution in [0.3, 0.4) is 0 Å². The summed E-state index contributed by atoms with van der Waals surface area (Å²) in [4.78, 5) is 14.1. The second-order valence-electron chi connectivity index (χ2n) is 5.92. The molecule has 18 heavy (non-hydrogen) atoms. The lowest BCUT2D eigenvalue weighted by atomic mass is 9.78. The Labute approximate surface area is 110 Å². The van der Waals surface area contributed by atoms with E-state index in [1.54, 1.807) is 0 Å². The molecule has 0 aromatic rings. The zero-order valence-corrected chi connectivity index (χ0v) is 11.5. The van der Waals surface area contributed by atoms with Crippen LogP contribution in [0.2, 0.25) is 0 Å². The fraction of sp³-hybridized carbons (Fsp3) is 0.929. The molecule has 1 saturated heterocycles. The molecular weight excluding hydrogens is 226 g/mol. The predicted molar refractivity (Wildman–Crippen MR) is 73.2 cm³/mol. The van der Waals surface area contributed by atoms with Crippen molar-refractivity contribution >= 4 is 5.91 Å². The third kappa shape index (κ3) is 3.45. The molecule has 0 aromatic heterocycles. The van der Waals surface area contributed by atoms with E-state index in [1.807, 2.05) is 0 Å². The van der Waals surface area contributed by atoms with Crippen molar-refractivity contribution < 1.29 is 4.79 Å². The highest BCUT2D eigenvalue weighted by atomic mass is 16.2. The van der Waals surface area contributed by atoms with E-state index in [0.717, 1.165) is 44.8 Å². The van der Waals surface area contributed by atoms with Crippen LogP contribution in [-0.4, -0.2) is 43.0 Å². The standard InChI is InChI=1S/C14H27N3O/c1-2-3-7-16-14(18)10-17-8-11-5-4-6-13(15)12(11)9-17/h11-13H,2-10,15H2,1H3,(H,16,18). The number of rotatable bonds is 5. The minimum absolute atomic E-state index is 0.177. The average molecular weight is 253 g/mol. The van der Waals surface area contributed by atoms with Gasteiger partial charge < -0.3 is 11.1 Å². The number of unbranched alkanes of at least 4 members (excludes halogenated alkanes) is 1. The number of hydrogen-bond donors (Lipinski definition) is 2. The molecule has 3 unspecified atom stereocenters. The molecule has 4 nitrogen and oxygen atoms in total. The van der Waals surface area contributed by atoms with Crippen molar-refractivity contribution in [3.05, 3.63) is 0 Å². The Morgan fingerprint density at radius 3 is 2.94 bits per heavy atom. The van der Waals surface area contributed by atoms with Gasteiger partial charge in [0.2, 0.25) is 5.91 Å². The van der Waals surface area contributed by atoms with E-state index in [0.29, 0.717) is 18.5 Å². The number of likely N-dealkylation sites (tertiary alicyclic amines) is 1. The van der Waals surface area contributed by atoms with E-state index < -0.39 is 0 Å². The number of carbonyl (C=O) groups is 1. The van der Waals surface area contributed by atoms with Gasteiger partial charge in [0.15, 0.2) is 0 Å². The predicted octanol–water partition coefficient (Wildman–Crippen LogP) is 0.962. The minimum Gasteiger partial charge on any atom is -0.355 e. The van der Waals surface area contributed by atoms with E-state index in [9.17, 15) is 4.79 Å². The molecule has 2 rings (SSSR count). The van der Waals surface area contributed by atoms with Gasteiger partial charge in [-0.3, -0.25) is 9.69 Å². The topological polar surface area (TPSA) is 58.4 Å². The Kier molecular flexibility index (Phi) is 5.01. The van der Waals surface area contributed by atoms with Crippen molar-refractivity contribution in [3.8, 4) is 0 Å². The van der Waals surface area contributed by atoms with Gasteiger partial charge in [0.1, 0.15) is 0 Å². The number of nitrogens with two attached hydrogens (primary N) is 1. The van der Waals surface area contributed by atoms with Gasteiger partial charge in [-0.15, -0.1) is 0 Å². The molecule has 104 valence electrons. The largest absolute Gasteiger partial charge is 0.355 e. The fourth-order valence-corrected chi connectivity index (χ4v) is 3.40. The Morgan fingerprint density at radius 2 is 2.22 bits per heavy atom. The second kappa shape index (κ2) is 6.53. The maximum absolute atomic E-state index is 11.8. The zero-order valence-electron chi connectivity index (χ0n) is 11.5. The summed E-state index contributed by atoms with van der Waals surface area (Å²) in [6.07, 6.45) is 5.92. The Hall–Kier alpha value is -0.610. The van der Waals surface area contributed by atoms with Crippen LogP contribution < -0.4 is 11.1 Å². The number of fused-ring (bicyclic) bond motifs is 1. The molecule has 1 amide bonds. The third-order valence-electron chi connectivity index (χ3n) is 4.45. The minimum atomic E-state index is 0.177. The summed E-state index contributed by atoms with van der Waals surface area (Å²) in [6.45, 7) is 5.60. The van der Waals surface area contributed by atoms with Crippen molar-refractivity contribution in [1.82, 2.24) is 10.2 Å². The Morgan fingerprint density at radius 1 is 1.39 bits per heavy atom. The smallest absolute Gasteiger partial charge is 0.234 e. The second-order valence-corrected chi connectivity index (χ2v) is 5.92. The highest BCUT2D eigenvalue weighted by Gasteiger charge is 2.38. The van der Waals surface area contributed by atoms with Crippen molar-refractivity contribution in [2.75, 3.05) is 26.2 Å². The van der Waals surface area contributed by atoms with Gasteiger partial charge in [0.05, 0.1) is 6.54 Å². The highest BCUT2D eigenvalue weighted by molar-refractivity contribution is 5.78. The van der Waals surface area contributed by atoms with Gasteiger partial charge in [-0.25, -0.2) is 0 Å². The highest BCUT2D eigenvalue weighted by Crippen LogP contribution is 2.35. The summed E-state index contributed by atoms with van der Waals surface area (Å²) in [5, 5.41) is 2.99. The maximum atomic E-state index is 11.8. The van der Waals surface area contributed by atoms with Crippen LogP contribution in [0.1, 0.15) is 39.0 Å². The number of nitrogens with one attached hydrogen (secondary N) is 1. The summed E-state index contributed by atoms with van der Waals surface area (Å²) in [7, 11) is 0. The third-order valence-corrected chi connectivity index (χ3v) is 4.45. The van der Waals surface area contributed by atoms with E-state index in [1.165, 1.54) is 12.8 Å². The van der Waals surface area contributed by atoms with Crippen LogP contribution in [0.15, 0.2) is 0 Å². The van der Waals surface area contributed by atoms with Gasteiger partial charge in [0.25, 0.3) is 0 Å². The molecule has 1 heterocycles. The van der Waals surface area contributed by atoms with Gasteiger partial charge in [0, 0.05) is 25.7 Å². The summed E-state index contributed by atoms with van der Waals surface area (Å²) < 4.78 is 0. The first-order valence-electron chi connectivity index (χ1n) is 7.45. The molecule has 0 bridgehead atoms. The molecule has 1 aliphatic heterocycles. The van der Waals surface area contributed by atoms with Gasteiger partial charge in [-0.1, -0.05) is 19.8 Å². The molecule has 2 fully saturated rings. The summed E-state index contributed by atoms with van der Waals surface area (Å²) in [6, 6.07) is 0.358. The average Bonchev–Trinajstić information content (AvgIpc) is 2.73. The lowest BCUT2D eigenvalue weighted by molar-refractivity contribution is -0.122. The summed E-state index contributed by atoms with van der Waals surface area (Å²) in [5.41, 5.74) is 6.18. The molecule has 0 aromatic carbocycles. The number of nitrogens with zero attached hydrogens (tertiary/aromatic N) is 1. The Bertz CT molecular complexity index is 282. The Balaban J connectivity index is 1.73. The van der Waals surface area contributed by atoms with E-state index >= 15 is 0 Å². The van der Waals surface area contributed by atoms with Crippen molar-refractivity contribution in [1.29, 1.82) is 0 Å². The first-order chi connectivity index (χ1) is 8.70. The lowest BCUT2D eigenvalue weighted by Gasteiger charge is -2.29. The first kappa shape index (κ1) is 13.8. The van der Waals surface area contributed by atoms with E-state index in [-0.39, 0.29) is 5.91 Å². The van der Waals surface area contributed by atoms with Crippen LogP contribution >= 0.6 is 0 Å². The normalized spacial score (nSPS) is 32.2. The van der Waals surface area contributed by atoms with Crippen LogP contribution in [0.5, 0.6) is 0 Å². The monoisotopic (exact) mass is 253 g/mol. The van der Waals surface area contributed by atoms with Crippen LogP contribution in [0.25, 0.3) is 0 Å². The maximum Gasteiger partial charge on any atom is 0.234 e. The molecule has 0 spiro atoms. The van der Waals surface area contributed by atoms with Crippen LogP contribution in [-0.2, 0) is 4.79 Å². The number of hydrogen-bond acceptors (Lipinski definition) is 3. The molecule has 2 aliphatic rings. The first-order valence-corrected chi connectivity index (χ1v) is 7.45. The van der Waals surface area contributed by atoms with Gasteiger partial charge in [-0.05, 0) is 31.1 Å². The fourth-order valence-electron chi connectivity index (χ4n) is 3.40. The van der Waals surface area contributed by atoms with Crippen molar-refractivity contribution in [2.24, 2.45) is 17.6 Å². The lowest BCUT2D eigenvalue weighted by Crippen LogP contribution is -2.39. The van der Waals surface area contributed by atoms with Gasteiger partial charge >= 0.3 is 0 Å². The molecule has 1 aliphatic carbocycles. The SMILES string of the molecule is CCCCNC(=O)CN1CC2CCCC(N)C2C1. The molecule has 3 N–H and O–H groups in total. The summed E-state index contributed by atoms with van der Waals surface area (Å²) in [5.74, 6) is 1.54. The van der Waals surface area contributed by atoms with Crippen molar-refractivity contribution in [3.63, 3.8) is 0 Å². The zero-order chi connectivity index (χ0) is 13.0. The number of carbonyl (C=O) groups excluding carboxylic acids is 1. The molecule has 3 atom stereocenters. The molecular formula is C14H27N3O. The summed E-state index contributed by atoms with van der Waals surface area (Å²) >= 11 is 0. The molecule has 1 saturated carbocycles. The number of amides is 1. The molecule has 0 radical (unpaired) electrons. The van der Waals surface area contributed by atoms with E-state index in [4.69, 9.17) is 5.73 Å². The van der Waals surface area contributed by atoms with Crippen LogP contribution in [0.4, 0.5) is 0 Å². The van der Waals surface area contributed by atoms with Crippen molar-refractivity contribution in [2.45, 2.75) is 45.1 Å².